The Kier molecular flexibility index (Phi) is 7.54. The summed E-state index contributed by atoms with van der Waals surface area (Å²) in [6, 6.07) is 9.28. The molecule has 2 aromatic heterocycles. The van der Waals surface area contributed by atoms with E-state index in [0.29, 0.717) is 11.3 Å². The molecular formula is C23H27F3N6O4S. The van der Waals surface area contributed by atoms with Gasteiger partial charge < -0.3 is 25.4 Å². The van der Waals surface area contributed by atoms with Crippen molar-refractivity contribution in [1.29, 1.82) is 0 Å². The van der Waals surface area contributed by atoms with Crippen molar-refractivity contribution >= 4 is 28.7 Å². The SMILES string of the molecule is OCCO[C@H]1C[C@@H](n2nnc3c(N[C@@H]4C[C@H]4c4ccccc4)nc(SCCC(F)(F)F)nc32)[C@H](O)[C@@H]1O. The number of hydrogen-bond donors (Lipinski definition) is 4. The van der Waals surface area contributed by atoms with Crippen LogP contribution in [-0.4, -0.2) is 89.8 Å². The van der Waals surface area contributed by atoms with Gasteiger partial charge in [-0.2, -0.15) is 13.2 Å². The molecule has 0 unspecified atom stereocenters. The zero-order valence-corrected chi connectivity index (χ0v) is 20.4. The van der Waals surface area contributed by atoms with Gasteiger partial charge in [0.2, 0.25) is 0 Å². The summed E-state index contributed by atoms with van der Waals surface area (Å²) in [4.78, 5) is 8.87. The van der Waals surface area contributed by atoms with Crippen LogP contribution in [0, 0.1) is 0 Å². The van der Waals surface area contributed by atoms with Gasteiger partial charge in [-0.05, 0) is 12.0 Å². The number of benzene rings is 1. The van der Waals surface area contributed by atoms with Crippen molar-refractivity contribution in [3.8, 4) is 0 Å². The van der Waals surface area contributed by atoms with Crippen LogP contribution in [0.3, 0.4) is 0 Å². The number of fused-ring (bicyclic) bond motifs is 1. The fourth-order valence-electron chi connectivity index (χ4n) is 4.64. The van der Waals surface area contributed by atoms with E-state index in [-0.39, 0.29) is 48.2 Å². The van der Waals surface area contributed by atoms with Crippen LogP contribution in [0.2, 0.25) is 0 Å². The number of aromatic nitrogens is 5. The molecule has 2 saturated carbocycles. The number of nitrogens with zero attached hydrogens (tertiary/aromatic N) is 5. The lowest BCUT2D eigenvalue weighted by atomic mass is 10.1. The van der Waals surface area contributed by atoms with Gasteiger partial charge in [0, 0.05) is 24.1 Å². The number of aliphatic hydroxyl groups excluding tert-OH is 3. The third-order valence-electron chi connectivity index (χ3n) is 6.60. The topological polar surface area (TPSA) is 138 Å². The first kappa shape index (κ1) is 26.1. The van der Waals surface area contributed by atoms with Crippen molar-refractivity contribution in [3.63, 3.8) is 0 Å². The first-order valence-corrected chi connectivity index (χ1v) is 13.0. The molecule has 0 amide bonds. The minimum Gasteiger partial charge on any atom is -0.394 e. The fraction of sp³-hybridized carbons (Fsp3) is 0.565. The molecule has 2 aliphatic carbocycles. The molecule has 5 rings (SSSR count). The van der Waals surface area contributed by atoms with Crippen LogP contribution in [0.25, 0.3) is 11.2 Å². The Hall–Kier alpha value is -2.52. The van der Waals surface area contributed by atoms with Gasteiger partial charge in [-0.3, -0.25) is 0 Å². The van der Waals surface area contributed by atoms with Crippen LogP contribution in [0.1, 0.15) is 36.8 Å². The highest BCUT2D eigenvalue weighted by Gasteiger charge is 2.45. The maximum absolute atomic E-state index is 12.7. The van der Waals surface area contributed by atoms with Crippen molar-refractivity contribution in [2.45, 2.75) is 66.9 Å². The highest BCUT2D eigenvalue weighted by Crippen LogP contribution is 2.43. The van der Waals surface area contributed by atoms with E-state index in [4.69, 9.17) is 9.84 Å². The molecule has 0 bridgehead atoms. The summed E-state index contributed by atoms with van der Waals surface area (Å²) in [6.07, 6.45) is -7.44. The molecule has 0 spiro atoms. The number of thioether (sulfide) groups is 1. The van der Waals surface area contributed by atoms with Gasteiger partial charge >= 0.3 is 6.18 Å². The van der Waals surface area contributed by atoms with E-state index in [0.717, 1.165) is 18.2 Å². The molecule has 0 saturated heterocycles. The number of alkyl halides is 3. The number of halogens is 3. The van der Waals surface area contributed by atoms with Gasteiger partial charge in [0.25, 0.3) is 0 Å². The molecule has 14 heteroatoms. The number of rotatable bonds is 10. The molecular weight excluding hydrogens is 513 g/mol. The van der Waals surface area contributed by atoms with Gasteiger partial charge in [-0.25, -0.2) is 14.6 Å². The number of anilines is 1. The van der Waals surface area contributed by atoms with E-state index in [1.807, 2.05) is 30.3 Å². The fourth-order valence-corrected chi connectivity index (χ4v) is 5.46. The minimum absolute atomic E-state index is 0.000523. The van der Waals surface area contributed by atoms with Crippen LogP contribution < -0.4 is 5.32 Å². The molecule has 37 heavy (non-hydrogen) atoms. The second-order valence-electron chi connectivity index (χ2n) is 9.20. The quantitative estimate of drug-likeness (QED) is 0.224. The number of hydrogen-bond acceptors (Lipinski definition) is 10. The standard InChI is InChI=1S/C23H27F3N6O4S/c24-23(25,26)6-9-37-22-28-20(27-14-10-13(14)12-4-2-1-3-5-12)17-21(29-22)32(31-30-17)15-11-16(36-8-7-33)19(35)18(15)34/h1-5,13-16,18-19,33-35H,6-11H2,(H,27,28,29)/t13-,14+,15+,16-,18-,19+/m0/s1. The normalized spacial score (nSPS) is 27.6. The molecule has 200 valence electrons. The van der Waals surface area contributed by atoms with Crippen LogP contribution >= 0.6 is 11.8 Å². The highest BCUT2D eigenvalue weighted by molar-refractivity contribution is 7.99. The van der Waals surface area contributed by atoms with Crippen molar-refractivity contribution in [3.05, 3.63) is 35.9 Å². The molecule has 3 aromatic rings. The van der Waals surface area contributed by atoms with E-state index in [1.165, 1.54) is 10.2 Å². The smallest absolute Gasteiger partial charge is 0.389 e. The van der Waals surface area contributed by atoms with Gasteiger partial charge in [-0.1, -0.05) is 47.3 Å². The molecule has 6 atom stereocenters. The highest BCUT2D eigenvalue weighted by atomic mass is 32.2. The van der Waals surface area contributed by atoms with Crippen LogP contribution in [0.5, 0.6) is 0 Å². The Morgan fingerprint density at radius 1 is 1.11 bits per heavy atom. The molecule has 1 aromatic carbocycles. The van der Waals surface area contributed by atoms with Gasteiger partial charge in [0.05, 0.1) is 31.8 Å². The number of aliphatic hydroxyl groups is 3. The molecule has 0 radical (unpaired) electrons. The van der Waals surface area contributed by atoms with E-state index in [2.05, 4.69) is 25.6 Å². The Bertz CT molecular complexity index is 1220. The third kappa shape index (κ3) is 5.82. The maximum atomic E-state index is 12.7. The Morgan fingerprint density at radius 3 is 2.62 bits per heavy atom. The second-order valence-corrected chi connectivity index (χ2v) is 10.3. The Balaban J connectivity index is 1.43. The second kappa shape index (κ2) is 10.7. The third-order valence-corrected chi connectivity index (χ3v) is 7.45. The van der Waals surface area contributed by atoms with Crippen LogP contribution in [0.15, 0.2) is 35.5 Å². The van der Waals surface area contributed by atoms with Gasteiger partial charge in [-0.15, -0.1) is 5.10 Å². The molecule has 2 aliphatic rings. The predicted molar refractivity (Wildman–Crippen MR) is 128 cm³/mol. The Morgan fingerprint density at radius 2 is 1.89 bits per heavy atom. The molecule has 2 heterocycles. The molecule has 0 aliphatic heterocycles. The summed E-state index contributed by atoms with van der Waals surface area (Å²) in [5, 5.41) is 42.0. The van der Waals surface area contributed by atoms with Gasteiger partial charge in [0.15, 0.2) is 22.1 Å². The minimum atomic E-state index is -4.30. The van der Waals surface area contributed by atoms with Gasteiger partial charge in [0.1, 0.15) is 12.2 Å². The summed E-state index contributed by atoms with van der Waals surface area (Å²) in [5.41, 5.74) is 1.73. The average molecular weight is 541 g/mol. The van der Waals surface area contributed by atoms with E-state index < -0.39 is 37.0 Å². The maximum Gasteiger partial charge on any atom is 0.389 e. The van der Waals surface area contributed by atoms with E-state index in [9.17, 15) is 23.4 Å². The number of nitrogens with one attached hydrogen (secondary N) is 1. The van der Waals surface area contributed by atoms with Crippen LogP contribution in [0.4, 0.5) is 19.0 Å². The number of ether oxygens (including phenoxy) is 1. The zero-order chi connectivity index (χ0) is 26.2. The largest absolute Gasteiger partial charge is 0.394 e. The first-order chi connectivity index (χ1) is 17.7. The summed E-state index contributed by atoms with van der Waals surface area (Å²) in [5.74, 6) is 0.364. The van der Waals surface area contributed by atoms with Crippen LogP contribution in [-0.2, 0) is 4.74 Å². The van der Waals surface area contributed by atoms with E-state index >= 15 is 0 Å². The van der Waals surface area contributed by atoms with Crippen molar-refractivity contribution in [1.82, 2.24) is 25.0 Å². The Labute approximate surface area is 214 Å². The lowest BCUT2D eigenvalue weighted by molar-refractivity contribution is -0.129. The zero-order valence-electron chi connectivity index (χ0n) is 19.6. The summed E-state index contributed by atoms with van der Waals surface area (Å²) < 4.78 is 45.0. The lowest BCUT2D eigenvalue weighted by Crippen LogP contribution is -2.33. The predicted octanol–water partition coefficient (Wildman–Crippen LogP) is 2.28. The monoisotopic (exact) mass is 540 g/mol. The van der Waals surface area contributed by atoms with Crippen molar-refractivity contribution in [2.75, 3.05) is 24.3 Å². The molecule has 2 fully saturated rings. The lowest BCUT2D eigenvalue weighted by Gasteiger charge is -2.17. The summed E-state index contributed by atoms with van der Waals surface area (Å²) in [7, 11) is 0. The summed E-state index contributed by atoms with van der Waals surface area (Å²) in [6.45, 7) is -0.235. The van der Waals surface area contributed by atoms with Crippen molar-refractivity contribution < 1.29 is 33.2 Å². The average Bonchev–Trinajstić information content (AvgIpc) is 3.42. The summed E-state index contributed by atoms with van der Waals surface area (Å²) >= 11 is 0.873. The van der Waals surface area contributed by atoms with E-state index in [1.54, 1.807) is 0 Å². The molecule has 4 N–H and O–H groups in total. The molecule has 10 nitrogen and oxygen atoms in total. The first-order valence-electron chi connectivity index (χ1n) is 12.0. The van der Waals surface area contributed by atoms with Crippen molar-refractivity contribution in [2.24, 2.45) is 0 Å².